The van der Waals surface area contributed by atoms with Gasteiger partial charge in [-0.05, 0) is 40.0 Å². The molecule has 0 aromatic heterocycles. The van der Waals surface area contributed by atoms with E-state index in [1.54, 1.807) is 25.7 Å². The maximum Gasteiger partial charge on any atom is 0.246 e. The molecule has 2 aliphatic rings. The highest BCUT2D eigenvalue weighted by molar-refractivity contribution is 5.99. The van der Waals surface area contributed by atoms with E-state index in [2.05, 4.69) is 5.32 Å². The summed E-state index contributed by atoms with van der Waals surface area (Å²) < 4.78 is 5.67. The summed E-state index contributed by atoms with van der Waals surface area (Å²) in [6.45, 7) is 6.58. The summed E-state index contributed by atoms with van der Waals surface area (Å²) in [5.74, 6) is -0.112. The van der Waals surface area contributed by atoms with Crippen molar-refractivity contribution in [3.05, 3.63) is 0 Å². The number of amides is 2. The van der Waals surface area contributed by atoms with Crippen LogP contribution in [0.2, 0.25) is 0 Å². The van der Waals surface area contributed by atoms with Crippen LogP contribution in [-0.2, 0) is 14.3 Å². The lowest BCUT2D eigenvalue weighted by Gasteiger charge is -2.45. The lowest BCUT2D eigenvalue weighted by molar-refractivity contribution is -0.158. The largest absolute Gasteiger partial charge is 0.376 e. The molecule has 0 radical (unpaired) electrons. The van der Waals surface area contributed by atoms with Gasteiger partial charge in [0.2, 0.25) is 11.8 Å². The first-order valence-corrected chi connectivity index (χ1v) is 6.67. The fraction of sp³-hybridized carbons (Fsp3) is 0.846. The third kappa shape index (κ3) is 2.36. The van der Waals surface area contributed by atoms with Gasteiger partial charge in [-0.1, -0.05) is 0 Å². The van der Waals surface area contributed by atoms with Crippen molar-refractivity contribution in [3.8, 4) is 0 Å². The van der Waals surface area contributed by atoms with E-state index in [0.29, 0.717) is 6.54 Å². The van der Waals surface area contributed by atoms with E-state index in [9.17, 15) is 9.59 Å². The predicted molar refractivity (Wildman–Crippen MR) is 67.0 cm³/mol. The molecule has 2 amide bonds. The second-order valence-corrected chi connectivity index (χ2v) is 5.69. The molecule has 0 bridgehead atoms. The average Bonchev–Trinajstić information content (AvgIpc) is 2.34. The van der Waals surface area contributed by atoms with Crippen LogP contribution in [0.1, 0.15) is 40.0 Å². The lowest BCUT2D eigenvalue weighted by Crippen LogP contribution is -2.68. The Balaban J connectivity index is 2.11. The van der Waals surface area contributed by atoms with Crippen molar-refractivity contribution in [3.63, 3.8) is 0 Å². The van der Waals surface area contributed by atoms with Crippen LogP contribution in [0.4, 0.5) is 0 Å². The van der Waals surface area contributed by atoms with Crippen LogP contribution in [-0.4, -0.2) is 47.6 Å². The van der Waals surface area contributed by atoms with Crippen LogP contribution in [0.15, 0.2) is 0 Å². The van der Waals surface area contributed by atoms with Crippen molar-refractivity contribution in [2.75, 3.05) is 13.2 Å². The van der Waals surface area contributed by atoms with Crippen molar-refractivity contribution in [2.45, 2.75) is 57.7 Å². The summed E-state index contributed by atoms with van der Waals surface area (Å²) in [6, 6.07) is -0.436. The first kappa shape index (κ1) is 13.3. The molecule has 5 heteroatoms. The maximum absolute atomic E-state index is 12.2. The first-order valence-electron chi connectivity index (χ1n) is 6.67. The van der Waals surface area contributed by atoms with Gasteiger partial charge in [0.05, 0.1) is 6.10 Å². The number of nitrogens with zero attached hydrogens (tertiary/aromatic N) is 1. The second-order valence-electron chi connectivity index (χ2n) is 5.69. The maximum atomic E-state index is 12.2. The second kappa shape index (κ2) is 4.88. The number of nitrogens with one attached hydrogen (secondary N) is 1. The molecular formula is C13H22N2O3. The van der Waals surface area contributed by atoms with Crippen molar-refractivity contribution < 1.29 is 14.3 Å². The normalized spacial score (nSPS) is 32.3. The minimum Gasteiger partial charge on any atom is -0.376 e. The standard InChI is InChI=1S/C13H22N2O3/c1-9-11(16)15(13(2,3)12(17)14-9)8-10-6-4-5-7-18-10/h9-10H,4-8H2,1-3H3,(H,14,17). The van der Waals surface area contributed by atoms with Gasteiger partial charge in [-0.25, -0.2) is 0 Å². The molecule has 0 spiro atoms. The monoisotopic (exact) mass is 254 g/mol. The van der Waals surface area contributed by atoms with E-state index in [-0.39, 0.29) is 17.9 Å². The van der Waals surface area contributed by atoms with Crippen LogP contribution in [0.5, 0.6) is 0 Å². The van der Waals surface area contributed by atoms with Gasteiger partial charge >= 0.3 is 0 Å². The Kier molecular flexibility index (Phi) is 3.61. The molecule has 102 valence electrons. The zero-order chi connectivity index (χ0) is 13.3. The molecule has 0 aromatic rings. The number of carbonyl (C=O) groups is 2. The molecule has 2 fully saturated rings. The van der Waals surface area contributed by atoms with Gasteiger partial charge in [-0.2, -0.15) is 0 Å². The molecule has 2 rings (SSSR count). The Morgan fingerprint density at radius 1 is 1.39 bits per heavy atom. The van der Waals surface area contributed by atoms with Crippen LogP contribution in [0, 0.1) is 0 Å². The SMILES string of the molecule is CC1NC(=O)C(C)(C)N(CC2CCCCO2)C1=O. The number of rotatable bonds is 2. The predicted octanol–water partition coefficient (Wildman–Crippen LogP) is 0.681. The summed E-state index contributed by atoms with van der Waals surface area (Å²) in [4.78, 5) is 25.9. The summed E-state index contributed by atoms with van der Waals surface area (Å²) in [5, 5.41) is 2.72. The van der Waals surface area contributed by atoms with Gasteiger partial charge in [-0.15, -0.1) is 0 Å². The van der Waals surface area contributed by atoms with Crippen LogP contribution in [0.3, 0.4) is 0 Å². The fourth-order valence-corrected chi connectivity index (χ4v) is 2.54. The summed E-state index contributed by atoms with van der Waals surface area (Å²) >= 11 is 0. The number of hydrogen-bond donors (Lipinski definition) is 1. The molecule has 0 saturated carbocycles. The van der Waals surface area contributed by atoms with Gasteiger partial charge in [-0.3, -0.25) is 9.59 Å². The first-order chi connectivity index (χ1) is 8.43. The average molecular weight is 254 g/mol. The number of carbonyl (C=O) groups excluding carboxylic acids is 2. The smallest absolute Gasteiger partial charge is 0.246 e. The van der Waals surface area contributed by atoms with E-state index in [4.69, 9.17) is 4.74 Å². The van der Waals surface area contributed by atoms with Crippen LogP contribution in [0.25, 0.3) is 0 Å². The van der Waals surface area contributed by atoms with Gasteiger partial charge in [0.15, 0.2) is 0 Å². The van der Waals surface area contributed by atoms with Crippen LogP contribution >= 0.6 is 0 Å². The zero-order valence-electron chi connectivity index (χ0n) is 11.4. The van der Waals surface area contributed by atoms with E-state index < -0.39 is 11.6 Å². The zero-order valence-corrected chi connectivity index (χ0v) is 11.4. The van der Waals surface area contributed by atoms with E-state index in [1.807, 2.05) is 0 Å². The van der Waals surface area contributed by atoms with Crippen molar-refractivity contribution in [1.29, 1.82) is 0 Å². The van der Waals surface area contributed by atoms with Gasteiger partial charge in [0, 0.05) is 13.2 Å². The highest BCUT2D eigenvalue weighted by Crippen LogP contribution is 2.24. The lowest BCUT2D eigenvalue weighted by atomic mass is 9.94. The third-order valence-corrected chi connectivity index (χ3v) is 3.87. The van der Waals surface area contributed by atoms with E-state index >= 15 is 0 Å². The molecule has 18 heavy (non-hydrogen) atoms. The molecule has 2 saturated heterocycles. The molecule has 2 unspecified atom stereocenters. The van der Waals surface area contributed by atoms with Gasteiger partial charge in [0.1, 0.15) is 11.6 Å². The van der Waals surface area contributed by atoms with Crippen molar-refractivity contribution in [2.24, 2.45) is 0 Å². The number of hydrogen-bond acceptors (Lipinski definition) is 3. The molecular weight excluding hydrogens is 232 g/mol. The minimum absolute atomic E-state index is 0.0197. The molecule has 0 aromatic carbocycles. The summed E-state index contributed by atoms with van der Waals surface area (Å²) in [7, 11) is 0. The van der Waals surface area contributed by atoms with Crippen LogP contribution < -0.4 is 5.32 Å². The quantitative estimate of drug-likeness (QED) is 0.788. The highest BCUT2D eigenvalue weighted by Gasteiger charge is 2.45. The Morgan fingerprint density at radius 2 is 2.11 bits per heavy atom. The fourth-order valence-electron chi connectivity index (χ4n) is 2.54. The molecule has 2 atom stereocenters. The van der Waals surface area contributed by atoms with Gasteiger partial charge < -0.3 is 15.0 Å². The summed E-state index contributed by atoms with van der Waals surface area (Å²) in [5.41, 5.74) is -0.787. The Labute approximate surface area is 108 Å². The number of ether oxygens (including phenoxy) is 1. The topological polar surface area (TPSA) is 58.6 Å². The Bertz CT molecular complexity index is 348. The minimum atomic E-state index is -0.787. The molecule has 0 aliphatic carbocycles. The molecule has 2 heterocycles. The Hall–Kier alpha value is -1.10. The third-order valence-electron chi connectivity index (χ3n) is 3.87. The van der Waals surface area contributed by atoms with Gasteiger partial charge in [0.25, 0.3) is 0 Å². The molecule has 2 aliphatic heterocycles. The molecule has 5 nitrogen and oxygen atoms in total. The highest BCUT2D eigenvalue weighted by atomic mass is 16.5. The summed E-state index contributed by atoms with van der Waals surface area (Å²) in [6.07, 6.45) is 3.26. The Morgan fingerprint density at radius 3 is 2.72 bits per heavy atom. The van der Waals surface area contributed by atoms with Crippen molar-refractivity contribution in [1.82, 2.24) is 10.2 Å². The number of piperazine rings is 1. The molecule has 1 N–H and O–H groups in total. The van der Waals surface area contributed by atoms with Crippen molar-refractivity contribution >= 4 is 11.8 Å². The van der Waals surface area contributed by atoms with E-state index in [1.165, 1.54) is 0 Å². The van der Waals surface area contributed by atoms with E-state index in [0.717, 1.165) is 25.9 Å².